The Morgan fingerprint density at radius 3 is 2.57 bits per heavy atom. The van der Waals surface area contributed by atoms with Gasteiger partial charge in [0.2, 0.25) is 0 Å². The summed E-state index contributed by atoms with van der Waals surface area (Å²) in [5.41, 5.74) is 3.64. The first-order chi connectivity index (χ1) is 17.0. The SMILES string of the molecule is CN1C(=O)/C(=C/c2cn(-c3ccccc3)nc2-c2cccc(OCc3ccccc3F)c2)SC1=S. The summed E-state index contributed by atoms with van der Waals surface area (Å²) in [4.78, 5) is 14.6. The molecular weight excluding hydrogens is 481 g/mol. The molecule has 2 heterocycles. The predicted molar refractivity (Wildman–Crippen MR) is 141 cm³/mol. The van der Waals surface area contributed by atoms with Crippen LogP contribution in [0.5, 0.6) is 5.75 Å². The third-order valence-electron chi connectivity index (χ3n) is 5.50. The molecule has 3 aromatic carbocycles. The highest BCUT2D eigenvalue weighted by molar-refractivity contribution is 8.26. The fourth-order valence-corrected chi connectivity index (χ4v) is 4.80. The highest BCUT2D eigenvalue weighted by atomic mass is 32.2. The zero-order valence-electron chi connectivity index (χ0n) is 18.7. The molecular formula is C27H20FN3O2S2. The van der Waals surface area contributed by atoms with Crippen LogP contribution in [-0.4, -0.2) is 32.0 Å². The number of thiocarbonyl (C=S) groups is 1. The maximum absolute atomic E-state index is 14.0. The monoisotopic (exact) mass is 501 g/mol. The Morgan fingerprint density at radius 1 is 1.06 bits per heavy atom. The Morgan fingerprint density at radius 2 is 1.83 bits per heavy atom. The van der Waals surface area contributed by atoms with Crippen molar-refractivity contribution in [1.82, 2.24) is 14.7 Å². The van der Waals surface area contributed by atoms with Gasteiger partial charge in [-0.05, 0) is 36.4 Å². The summed E-state index contributed by atoms with van der Waals surface area (Å²) >= 11 is 6.55. The number of rotatable bonds is 6. The molecule has 1 fully saturated rings. The summed E-state index contributed by atoms with van der Waals surface area (Å²) in [5, 5.41) is 4.82. The summed E-state index contributed by atoms with van der Waals surface area (Å²) < 4.78 is 22.2. The molecule has 0 spiro atoms. The number of ether oxygens (including phenoxy) is 1. The number of thioether (sulfide) groups is 1. The van der Waals surface area contributed by atoms with E-state index in [0.29, 0.717) is 26.2 Å². The van der Waals surface area contributed by atoms with E-state index in [1.165, 1.54) is 22.7 Å². The lowest BCUT2D eigenvalue weighted by atomic mass is 10.1. The van der Waals surface area contributed by atoms with Crippen LogP contribution in [0.25, 0.3) is 23.0 Å². The molecule has 1 saturated heterocycles. The Kier molecular flexibility index (Phi) is 6.48. The van der Waals surface area contributed by atoms with E-state index >= 15 is 0 Å². The number of hydrogen-bond acceptors (Lipinski definition) is 5. The second-order valence-electron chi connectivity index (χ2n) is 7.86. The van der Waals surface area contributed by atoms with Gasteiger partial charge in [-0.3, -0.25) is 9.69 Å². The van der Waals surface area contributed by atoms with E-state index in [9.17, 15) is 9.18 Å². The number of aromatic nitrogens is 2. The van der Waals surface area contributed by atoms with Gasteiger partial charge in [0.1, 0.15) is 28.2 Å². The standard InChI is InChI=1S/C27H20FN3O2S2/c1-30-26(32)24(35-27(30)34)15-20-16-31(21-10-3-2-4-11-21)29-25(20)18-9-7-12-22(14-18)33-17-19-8-5-6-13-23(19)28/h2-16H,17H2,1H3/b24-15-. The Bertz CT molecular complexity index is 1450. The molecule has 0 saturated carbocycles. The van der Waals surface area contributed by atoms with E-state index in [1.807, 2.05) is 66.9 Å². The lowest BCUT2D eigenvalue weighted by Crippen LogP contribution is -2.22. The summed E-state index contributed by atoms with van der Waals surface area (Å²) in [6, 6.07) is 23.7. The molecule has 8 heteroatoms. The molecule has 0 atom stereocenters. The maximum Gasteiger partial charge on any atom is 0.265 e. The van der Waals surface area contributed by atoms with Crippen molar-refractivity contribution in [3.8, 4) is 22.7 Å². The number of likely N-dealkylation sites (N-methyl/N-ethyl adjacent to an activating group) is 1. The second-order valence-corrected chi connectivity index (χ2v) is 9.54. The molecule has 0 unspecified atom stereocenters. The topological polar surface area (TPSA) is 47.4 Å². The van der Waals surface area contributed by atoms with Crippen molar-refractivity contribution in [3.63, 3.8) is 0 Å². The molecule has 4 aromatic rings. The molecule has 35 heavy (non-hydrogen) atoms. The van der Waals surface area contributed by atoms with Crippen LogP contribution in [0.1, 0.15) is 11.1 Å². The highest BCUT2D eigenvalue weighted by Crippen LogP contribution is 2.34. The van der Waals surface area contributed by atoms with Gasteiger partial charge in [0, 0.05) is 29.9 Å². The average molecular weight is 502 g/mol. The van der Waals surface area contributed by atoms with Gasteiger partial charge in [-0.2, -0.15) is 5.10 Å². The smallest absolute Gasteiger partial charge is 0.265 e. The van der Waals surface area contributed by atoms with E-state index in [-0.39, 0.29) is 18.3 Å². The molecule has 1 aliphatic heterocycles. The van der Waals surface area contributed by atoms with Crippen molar-refractivity contribution in [2.24, 2.45) is 0 Å². The summed E-state index contributed by atoms with van der Waals surface area (Å²) in [5.74, 6) is 0.145. The van der Waals surface area contributed by atoms with Crippen molar-refractivity contribution in [3.05, 3.63) is 107 Å². The first-order valence-electron chi connectivity index (χ1n) is 10.8. The number of amides is 1. The number of benzene rings is 3. The number of carbonyl (C=O) groups is 1. The van der Waals surface area contributed by atoms with Gasteiger partial charge in [0.05, 0.1) is 10.6 Å². The fraction of sp³-hybridized carbons (Fsp3) is 0.0741. The number of hydrogen-bond donors (Lipinski definition) is 0. The maximum atomic E-state index is 14.0. The van der Waals surface area contributed by atoms with E-state index in [2.05, 4.69) is 0 Å². The summed E-state index contributed by atoms with van der Waals surface area (Å²) in [6.45, 7) is 0.112. The zero-order valence-corrected chi connectivity index (χ0v) is 20.4. The Balaban J connectivity index is 1.52. The van der Waals surface area contributed by atoms with Crippen LogP contribution in [0, 0.1) is 5.82 Å². The van der Waals surface area contributed by atoms with E-state index < -0.39 is 0 Å². The number of para-hydroxylation sites is 1. The molecule has 5 rings (SSSR count). The van der Waals surface area contributed by atoms with Crippen LogP contribution in [0.15, 0.2) is 90.0 Å². The van der Waals surface area contributed by atoms with Crippen molar-refractivity contribution < 1.29 is 13.9 Å². The van der Waals surface area contributed by atoms with Crippen LogP contribution in [0.4, 0.5) is 4.39 Å². The van der Waals surface area contributed by atoms with Crippen LogP contribution in [0.3, 0.4) is 0 Å². The predicted octanol–water partition coefficient (Wildman–Crippen LogP) is 6.09. The normalized spacial score (nSPS) is 14.7. The van der Waals surface area contributed by atoms with Crippen LogP contribution in [0.2, 0.25) is 0 Å². The van der Waals surface area contributed by atoms with Gasteiger partial charge < -0.3 is 4.74 Å². The molecule has 5 nitrogen and oxygen atoms in total. The molecule has 1 aromatic heterocycles. The van der Waals surface area contributed by atoms with Crippen LogP contribution in [-0.2, 0) is 11.4 Å². The van der Waals surface area contributed by atoms with E-state index in [4.69, 9.17) is 22.1 Å². The molecule has 0 N–H and O–H groups in total. The fourth-order valence-electron chi connectivity index (χ4n) is 3.63. The lowest BCUT2D eigenvalue weighted by molar-refractivity contribution is -0.121. The number of carbonyl (C=O) groups excluding carboxylic acids is 1. The van der Waals surface area contributed by atoms with Gasteiger partial charge >= 0.3 is 0 Å². The quantitative estimate of drug-likeness (QED) is 0.236. The summed E-state index contributed by atoms with van der Waals surface area (Å²) in [6.07, 6.45) is 3.71. The Labute approximate surface area is 211 Å². The van der Waals surface area contributed by atoms with E-state index in [1.54, 1.807) is 29.9 Å². The van der Waals surface area contributed by atoms with Crippen LogP contribution >= 0.6 is 24.0 Å². The van der Waals surface area contributed by atoms with E-state index in [0.717, 1.165) is 16.8 Å². The van der Waals surface area contributed by atoms with Gasteiger partial charge in [-0.25, -0.2) is 9.07 Å². The Hall–Kier alpha value is -3.75. The third-order valence-corrected chi connectivity index (χ3v) is 6.98. The van der Waals surface area contributed by atoms with Crippen molar-refractivity contribution >= 4 is 40.3 Å². The van der Waals surface area contributed by atoms with Crippen molar-refractivity contribution in [1.29, 1.82) is 0 Å². The van der Waals surface area contributed by atoms with Gasteiger partial charge in [0.25, 0.3) is 5.91 Å². The molecule has 1 amide bonds. The van der Waals surface area contributed by atoms with Gasteiger partial charge in [-0.15, -0.1) is 0 Å². The minimum absolute atomic E-state index is 0.112. The molecule has 1 aliphatic rings. The first kappa shape index (κ1) is 23.0. The number of nitrogens with zero attached hydrogens (tertiary/aromatic N) is 3. The molecule has 174 valence electrons. The molecule has 0 bridgehead atoms. The van der Waals surface area contributed by atoms with Crippen molar-refractivity contribution in [2.75, 3.05) is 7.05 Å². The average Bonchev–Trinajstić information content (AvgIpc) is 3.41. The second kappa shape index (κ2) is 9.85. The molecule has 0 radical (unpaired) electrons. The van der Waals surface area contributed by atoms with Gasteiger partial charge in [0.15, 0.2) is 0 Å². The van der Waals surface area contributed by atoms with Crippen LogP contribution < -0.4 is 4.74 Å². The molecule has 0 aliphatic carbocycles. The van der Waals surface area contributed by atoms with Gasteiger partial charge in [-0.1, -0.05) is 72.5 Å². The lowest BCUT2D eigenvalue weighted by Gasteiger charge is -2.09. The first-order valence-corrected chi connectivity index (χ1v) is 12.1. The largest absolute Gasteiger partial charge is 0.489 e. The van der Waals surface area contributed by atoms with Crippen molar-refractivity contribution in [2.45, 2.75) is 6.61 Å². The minimum Gasteiger partial charge on any atom is -0.489 e. The zero-order chi connectivity index (χ0) is 24.4. The minimum atomic E-state index is -0.305. The highest BCUT2D eigenvalue weighted by Gasteiger charge is 2.29. The summed E-state index contributed by atoms with van der Waals surface area (Å²) in [7, 11) is 1.67. The third kappa shape index (κ3) is 4.89. The number of halogens is 1.